The molecule has 3 heterocycles. The van der Waals surface area contributed by atoms with Crippen molar-refractivity contribution in [1.82, 2.24) is 14.6 Å². The molecule has 0 spiro atoms. The van der Waals surface area contributed by atoms with E-state index in [4.69, 9.17) is 32.4 Å². The van der Waals surface area contributed by atoms with E-state index in [9.17, 15) is 4.79 Å². The summed E-state index contributed by atoms with van der Waals surface area (Å²) in [4.78, 5) is 17.9. The van der Waals surface area contributed by atoms with Gasteiger partial charge in [0, 0.05) is 17.2 Å². The van der Waals surface area contributed by atoms with Gasteiger partial charge in [-0.1, -0.05) is 54.5 Å². The molecule has 9 heteroatoms. The SMILES string of the molecule is CC(C)COc1ccc(-c2nc3s/c(=C/c4ccc(-c5cccc(Cl)c5Cl)o4)c(=O)n3n2)cc1. The fourth-order valence-corrected chi connectivity index (χ4v) is 4.60. The standard InChI is InChI=1S/C25H19Cl2N3O3S/c1-14(2)13-32-16-8-6-15(7-9-16)23-28-25-30(29-23)24(31)21(34-25)12-17-10-11-20(33-17)18-4-3-5-19(26)22(18)27/h3-12,14H,13H2,1-2H3/b21-12+. The molecule has 0 bridgehead atoms. The molecule has 0 amide bonds. The third-order valence-electron chi connectivity index (χ3n) is 4.99. The van der Waals surface area contributed by atoms with Crippen molar-refractivity contribution in [1.29, 1.82) is 0 Å². The van der Waals surface area contributed by atoms with Crippen LogP contribution < -0.4 is 14.8 Å². The van der Waals surface area contributed by atoms with Crippen molar-refractivity contribution in [3.63, 3.8) is 0 Å². The Kier molecular flexibility index (Phi) is 6.16. The van der Waals surface area contributed by atoms with E-state index >= 15 is 0 Å². The number of fused-ring (bicyclic) bond motifs is 1. The Morgan fingerprint density at radius 1 is 1.12 bits per heavy atom. The van der Waals surface area contributed by atoms with Crippen LogP contribution in [0.4, 0.5) is 0 Å². The quantitative estimate of drug-likeness (QED) is 0.281. The highest BCUT2D eigenvalue weighted by molar-refractivity contribution is 7.15. The summed E-state index contributed by atoms with van der Waals surface area (Å²) < 4.78 is 13.4. The van der Waals surface area contributed by atoms with Crippen LogP contribution in [0.2, 0.25) is 10.0 Å². The van der Waals surface area contributed by atoms with E-state index < -0.39 is 0 Å². The summed E-state index contributed by atoms with van der Waals surface area (Å²) in [6.45, 7) is 4.85. The van der Waals surface area contributed by atoms with E-state index in [1.807, 2.05) is 30.3 Å². The molecule has 5 rings (SSSR count). The second kappa shape index (κ2) is 9.25. The van der Waals surface area contributed by atoms with Crippen LogP contribution in [0.1, 0.15) is 19.6 Å². The van der Waals surface area contributed by atoms with Gasteiger partial charge in [-0.25, -0.2) is 0 Å². The highest BCUT2D eigenvalue weighted by Crippen LogP contribution is 2.34. The minimum atomic E-state index is -0.255. The van der Waals surface area contributed by atoms with E-state index in [1.54, 1.807) is 30.3 Å². The largest absolute Gasteiger partial charge is 0.493 e. The van der Waals surface area contributed by atoms with E-state index in [0.717, 1.165) is 11.3 Å². The van der Waals surface area contributed by atoms with Crippen LogP contribution in [0.25, 0.3) is 33.7 Å². The molecule has 0 saturated heterocycles. The number of hydrogen-bond acceptors (Lipinski definition) is 6. The Morgan fingerprint density at radius 2 is 1.91 bits per heavy atom. The molecule has 3 aromatic heterocycles. The zero-order valence-electron chi connectivity index (χ0n) is 18.3. The number of furan rings is 1. The molecule has 0 N–H and O–H groups in total. The molecule has 34 heavy (non-hydrogen) atoms. The molecule has 172 valence electrons. The van der Waals surface area contributed by atoms with E-state index in [1.165, 1.54) is 15.9 Å². The fraction of sp³-hybridized carbons (Fsp3) is 0.160. The molecule has 5 aromatic rings. The van der Waals surface area contributed by atoms with Crippen LogP contribution in [0.5, 0.6) is 5.75 Å². The average Bonchev–Trinajstić information content (AvgIpc) is 3.52. The maximum Gasteiger partial charge on any atom is 0.291 e. The smallest absolute Gasteiger partial charge is 0.291 e. The van der Waals surface area contributed by atoms with Gasteiger partial charge in [0.1, 0.15) is 21.8 Å². The van der Waals surface area contributed by atoms with Gasteiger partial charge in [-0.2, -0.15) is 9.50 Å². The lowest BCUT2D eigenvalue weighted by molar-refractivity contribution is 0.271. The summed E-state index contributed by atoms with van der Waals surface area (Å²) in [5, 5.41) is 5.27. The Balaban J connectivity index is 1.42. The Labute approximate surface area is 209 Å². The summed E-state index contributed by atoms with van der Waals surface area (Å²) in [6.07, 6.45) is 1.67. The Morgan fingerprint density at radius 3 is 2.65 bits per heavy atom. The summed E-state index contributed by atoms with van der Waals surface area (Å²) in [6, 6.07) is 16.4. The van der Waals surface area contributed by atoms with E-state index in [0.29, 0.717) is 55.0 Å². The molecule has 0 aliphatic carbocycles. The minimum Gasteiger partial charge on any atom is -0.493 e. The van der Waals surface area contributed by atoms with Crippen molar-refractivity contribution < 1.29 is 9.15 Å². The number of nitrogens with zero attached hydrogens (tertiary/aromatic N) is 3. The number of aromatic nitrogens is 3. The molecule has 0 atom stereocenters. The third kappa shape index (κ3) is 4.46. The van der Waals surface area contributed by atoms with Gasteiger partial charge in [0.15, 0.2) is 5.82 Å². The molecule has 6 nitrogen and oxygen atoms in total. The molecule has 0 unspecified atom stereocenters. The van der Waals surface area contributed by atoms with Gasteiger partial charge in [0.2, 0.25) is 4.96 Å². The van der Waals surface area contributed by atoms with Crippen LogP contribution in [0, 0.1) is 5.92 Å². The van der Waals surface area contributed by atoms with Crippen LogP contribution in [-0.2, 0) is 0 Å². The maximum absolute atomic E-state index is 12.9. The second-order valence-corrected chi connectivity index (χ2v) is 9.87. The van der Waals surface area contributed by atoms with Crippen molar-refractivity contribution in [2.24, 2.45) is 5.92 Å². The monoisotopic (exact) mass is 511 g/mol. The highest BCUT2D eigenvalue weighted by atomic mass is 35.5. The summed E-state index contributed by atoms with van der Waals surface area (Å²) >= 11 is 13.6. The molecule has 0 saturated carbocycles. The van der Waals surface area contributed by atoms with Gasteiger partial charge in [0.05, 0.1) is 16.7 Å². The number of thiazole rings is 1. The lowest BCUT2D eigenvalue weighted by Gasteiger charge is -2.08. The molecule has 2 aromatic carbocycles. The number of halogens is 2. The van der Waals surface area contributed by atoms with Crippen LogP contribution in [0.15, 0.2) is 63.8 Å². The van der Waals surface area contributed by atoms with Gasteiger partial charge in [-0.05, 0) is 54.4 Å². The number of ether oxygens (including phenoxy) is 1. The van der Waals surface area contributed by atoms with E-state index in [2.05, 4.69) is 23.9 Å². The second-order valence-electron chi connectivity index (χ2n) is 8.08. The molecule has 0 aliphatic rings. The highest BCUT2D eigenvalue weighted by Gasteiger charge is 2.14. The Hall–Kier alpha value is -3.13. The first-order chi connectivity index (χ1) is 16.4. The van der Waals surface area contributed by atoms with Gasteiger partial charge in [-0.15, -0.1) is 5.10 Å². The van der Waals surface area contributed by atoms with Crippen LogP contribution in [-0.4, -0.2) is 21.2 Å². The summed E-state index contributed by atoms with van der Waals surface area (Å²) in [5.41, 5.74) is 1.24. The number of hydrogen-bond donors (Lipinski definition) is 0. The van der Waals surface area contributed by atoms with Crippen molar-refractivity contribution in [3.8, 4) is 28.5 Å². The predicted octanol–water partition coefficient (Wildman–Crippen LogP) is 5.97. The van der Waals surface area contributed by atoms with Crippen molar-refractivity contribution in [2.75, 3.05) is 6.61 Å². The molecule has 0 radical (unpaired) electrons. The zero-order chi connectivity index (χ0) is 23.8. The van der Waals surface area contributed by atoms with Crippen LogP contribution in [0.3, 0.4) is 0 Å². The normalized spacial score (nSPS) is 12.2. The molecular weight excluding hydrogens is 493 g/mol. The summed E-state index contributed by atoms with van der Waals surface area (Å²) in [5.74, 6) is 2.81. The minimum absolute atomic E-state index is 0.255. The maximum atomic E-state index is 12.9. The predicted molar refractivity (Wildman–Crippen MR) is 136 cm³/mol. The molecule has 0 aliphatic heterocycles. The van der Waals surface area contributed by atoms with Gasteiger partial charge in [0.25, 0.3) is 5.56 Å². The molecule has 0 fully saturated rings. The van der Waals surface area contributed by atoms with Crippen LogP contribution >= 0.6 is 34.5 Å². The van der Waals surface area contributed by atoms with Gasteiger partial charge in [-0.3, -0.25) is 4.79 Å². The topological polar surface area (TPSA) is 69.6 Å². The van der Waals surface area contributed by atoms with E-state index in [-0.39, 0.29) is 5.56 Å². The molecular formula is C25H19Cl2N3O3S. The van der Waals surface area contributed by atoms with Gasteiger partial charge >= 0.3 is 0 Å². The lowest BCUT2D eigenvalue weighted by Crippen LogP contribution is -2.23. The zero-order valence-corrected chi connectivity index (χ0v) is 20.6. The van der Waals surface area contributed by atoms with Gasteiger partial charge < -0.3 is 9.15 Å². The fourth-order valence-electron chi connectivity index (χ4n) is 3.32. The number of benzene rings is 2. The van der Waals surface area contributed by atoms with Crippen molar-refractivity contribution in [2.45, 2.75) is 13.8 Å². The number of rotatable bonds is 6. The summed E-state index contributed by atoms with van der Waals surface area (Å²) in [7, 11) is 0. The first-order valence-corrected chi connectivity index (χ1v) is 12.1. The van der Waals surface area contributed by atoms with Crippen molar-refractivity contribution >= 4 is 45.6 Å². The first-order valence-electron chi connectivity index (χ1n) is 10.6. The average molecular weight is 512 g/mol. The lowest BCUT2D eigenvalue weighted by atomic mass is 10.2. The Bertz CT molecular complexity index is 1590. The van der Waals surface area contributed by atoms with Crippen molar-refractivity contribution in [3.05, 3.63) is 85.3 Å². The third-order valence-corrected chi connectivity index (χ3v) is 6.77. The first kappa shape index (κ1) is 22.7.